The minimum Gasteiger partial charge on any atom is -0.307 e. The molecule has 2 rings (SSSR count). The quantitative estimate of drug-likeness (QED) is 0.880. The summed E-state index contributed by atoms with van der Waals surface area (Å²) in [5, 5.41) is 7.48. The zero-order valence-electron chi connectivity index (χ0n) is 11.7. The second-order valence-electron chi connectivity index (χ2n) is 5.24. The molecule has 108 valence electrons. The molecule has 0 spiro atoms. The molecule has 0 aliphatic heterocycles. The standard InChI is InChI=1S/C15H19F2N3/c1-11(2)10-20-7-6-13(19-20)9-18-8-12-4-3-5-14(16)15(12)17/h3-7,11,18H,8-10H2,1-2H3. The maximum absolute atomic E-state index is 13.4. The summed E-state index contributed by atoms with van der Waals surface area (Å²) < 4.78 is 28.4. The van der Waals surface area contributed by atoms with Crippen molar-refractivity contribution in [3.8, 4) is 0 Å². The highest BCUT2D eigenvalue weighted by atomic mass is 19.2. The number of rotatable bonds is 6. The molecule has 0 saturated heterocycles. The van der Waals surface area contributed by atoms with Gasteiger partial charge in [0.05, 0.1) is 5.69 Å². The molecule has 20 heavy (non-hydrogen) atoms. The van der Waals surface area contributed by atoms with E-state index in [9.17, 15) is 8.78 Å². The first-order chi connectivity index (χ1) is 9.56. The van der Waals surface area contributed by atoms with Gasteiger partial charge in [-0.25, -0.2) is 8.78 Å². The minimum absolute atomic E-state index is 0.278. The molecular weight excluding hydrogens is 260 g/mol. The van der Waals surface area contributed by atoms with Crippen LogP contribution < -0.4 is 5.32 Å². The predicted molar refractivity (Wildman–Crippen MR) is 74.0 cm³/mol. The lowest BCUT2D eigenvalue weighted by Gasteiger charge is -2.06. The van der Waals surface area contributed by atoms with Crippen LogP contribution in [0.5, 0.6) is 0 Å². The molecule has 0 unspecified atom stereocenters. The average Bonchev–Trinajstić information content (AvgIpc) is 2.81. The minimum atomic E-state index is -0.814. The van der Waals surface area contributed by atoms with Crippen LogP contribution in [-0.4, -0.2) is 9.78 Å². The van der Waals surface area contributed by atoms with Crippen molar-refractivity contribution in [2.24, 2.45) is 5.92 Å². The summed E-state index contributed by atoms with van der Waals surface area (Å²) >= 11 is 0. The Kier molecular flexibility index (Phi) is 4.84. The summed E-state index contributed by atoms with van der Waals surface area (Å²) in [6, 6.07) is 6.12. The number of nitrogens with zero attached hydrogens (tertiary/aromatic N) is 2. The van der Waals surface area contributed by atoms with E-state index in [2.05, 4.69) is 24.3 Å². The van der Waals surface area contributed by atoms with Gasteiger partial charge in [0.1, 0.15) is 0 Å². The van der Waals surface area contributed by atoms with E-state index >= 15 is 0 Å². The molecule has 0 saturated carbocycles. The fourth-order valence-electron chi connectivity index (χ4n) is 1.98. The van der Waals surface area contributed by atoms with Gasteiger partial charge in [-0.3, -0.25) is 4.68 Å². The van der Waals surface area contributed by atoms with E-state index in [0.717, 1.165) is 18.3 Å². The molecule has 1 aromatic heterocycles. The lowest BCUT2D eigenvalue weighted by atomic mass is 10.2. The number of benzene rings is 1. The third kappa shape index (κ3) is 3.87. The van der Waals surface area contributed by atoms with Crippen molar-refractivity contribution >= 4 is 0 Å². The molecule has 5 heteroatoms. The average molecular weight is 279 g/mol. The molecule has 0 atom stereocenters. The predicted octanol–water partition coefficient (Wildman–Crippen LogP) is 3.11. The van der Waals surface area contributed by atoms with Crippen LogP contribution in [0, 0.1) is 17.6 Å². The van der Waals surface area contributed by atoms with Crippen LogP contribution in [0.1, 0.15) is 25.1 Å². The van der Waals surface area contributed by atoms with Crippen molar-refractivity contribution < 1.29 is 8.78 Å². The molecule has 1 N–H and O–H groups in total. The first kappa shape index (κ1) is 14.7. The second kappa shape index (κ2) is 6.61. The van der Waals surface area contributed by atoms with Crippen LogP contribution in [0.4, 0.5) is 8.78 Å². The van der Waals surface area contributed by atoms with Crippen LogP contribution in [0.3, 0.4) is 0 Å². The van der Waals surface area contributed by atoms with E-state index < -0.39 is 11.6 Å². The first-order valence-electron chi connectivity index (χ1n) is 6.72. The highest BCUT2D eigenvalue weighted by Gasteiger charge is 2.07. The van der Waals surface area contributed by atoms with Crippen LogP contribution in [0.15, 0.2) is 30.5 Å². The zero-order valence-corrected chi connectivity index (χ0v) is 11.7. The van der Waals surface area contributed by atoms with Crippen molar-refractivity contribution in [1.82, 2.24) is 15.1 Å². The van der Waals surface area contributed by atoms with Crippen molar-refractivity contribution in [2.45, 2.75) is 33.5 Å². The Morgan fingerprint density at radius 2 is 2.00 bits per heavy atom. The maximum atomic E-state index is 13.4. The fourth-order valence-corrected chi connectivity index (χ4v) is 1.98. The van der Waals surface area contributed by atoms with E-state index in [1.165, 1.54) is 6.07 Å². The van der Waals surface area contributed by atoms with Gasteiger partial charge in [-0.2, -0.15) is 5.10 Å². The highest BCUT2D eigenvalue weighted by molar-refractivity contribution is 5.18. The van der Waals surface area contributed by atoms with Gasteiger partial charge >= 0.3 is 0 Å². The Labute approximate surface area is 117 Å². The molecule has 0 amide bonds. The number of hydrogen-bond donors (Lipinski definition) is 1. The molecule has 0 bridgehead atoms. The summed E-state index contributed by atoms with van der Waals surface area (Å²) in [6.07, 6.45) is 1.93. The second-order valence-corrected chi connectivity index (χ2v) is 5.24. The van der Waals surface area contributed by atoms with Gasteiger partial charge in [-0.1, -0.05) is 26.0 Å². The summed E-state index contributed by atoms with van der Waals surface area (Å²) in [7, 11) is 0. The van der Waals surface area contributed by atoms with Crippen LogP contribution in [0.25, 0.3) is 0 Å². The van der Waals surface area contributed by atoms with Crippen molar-refractivity contribution in [3.05, 3.63) is 53.4 Å². The van der Waals surface area contributed by atoms with Crippen LogP contribution in [-0.2, 0) is 19.6 Å². The van der Waals surface area contributed by atoms with Crippen LogP contribution >= 0.6 is 0 Å². The first-order valence-corrected chi connectivity index (χ1v) is 6.72. The van der Waals surface area contributed by atoms with E-state index in [1.54, 1.807) is 6.07 Å². The summed E-state index contributed by atoms with van der Waals surface area (Å²) in [5.41, 5.74) is 1.22. The number of aromatic nitrogens is 2. The number of halogens is 2. The Hall–Kier alpha value is -1.75. The highest BCUT2D eigenvalue weighted by Crippen LogP contribution is 2.11. The van der Waals surface area contributed by atoms with Crippen molar-refractivity contribution in [3.63, 3.8) is 0 Å². The summed E-state index contributed by atoms with van der Waals surface area (Å²) in [4.78, 5) is 0. The van der Waals surface area contributed by atoms with Gasteiger partial charge in [0, 0.05) is 31.4 Å². The maximum Gasteiger partial charge on any atom is 0.163 e. The zero-order chi connectivity index (χ0) is 14.5. The Balaban J connectivity index is 1.86. The summed E-state index contributed by atoms with van der Waals surface area (Å²) in [5.74, 6) is -1.06. The normalized spacial score (nSPS) is 11.2. The third-order valence-electron chi connectivity index (χ3n) is 2.90. The van der Waals surface area contributed by atoms with E-state index in [4.69, 9.17) is 0 Å². The number of nitrogens with one attached hydrogen (secondary N) is 1. The molecule has 1 aromatic carbocycles. The van der Waals surface area contributed by atoms with Gasteiger partial charge in [-0.15, -0.1) is 0 Å². The van der Waals surface area contributed by atoms with Crippen molar-refractivity contribution in [1.29, 1.82) is 0 Å². The monoisotopic (exact) mass is 279 g/mol. The summed E-state index contributed by atoms with van der Waals surface area (Å²) in [6.45, 7) is 5.94. The molecular formula is C15H19F2N3. The van der Waals surface area contributed by atoms with E-state index in [0.29, 0.717) is 18.0 Å². The molecule has 0 aliphatic carbocycles. The smallest absolute Gasteiger partial charge is 0.163 e. The van der Waals surface area contributed by atoms with Crippen molar-refractivity contribution in [2.75, 3.05) is 0 Å². The molecule has 0 aliphatic rings. The Morgan fingerprint density at radius 3 is 2.75 bits per heavy atom. The topological polar surface area (TPSA) is 29.9 Å². The fraction of sp³-hybridized carbons (Fsp3) is 0.400. The molecule has 0 fully saturated rings. The van der Waals surface area contributed by atoms with Crippen LogP contribution in [0.2, 0.25) is 0 Å². The number of hydrogen-bond acceptors (Lipinski definition) is 2. The molecule has 2 aromatic rings. The van der Waals surface area contributed by atoms with Gasteiger partial charge in [0.15, 0.2) is 11.6 Å². The Morgan fingerprint density at radius 1 is 1.20 bits per heavy atom. The SMILES string of the molecule is CC(C)Cn1ccc(CNCc2cccc(F)c2F)n1. The third-order valence-corrected chi connectivity index (χ3v) is 2.90. The Bertz CT molecular complexity index is 564. The van der Waals surface area contributed by atoms with E-state index in [-0.39, 0.29) is 6.54 Å². The van der Waals surface area contributed by atoms with Gasteiger partial charge < -0.3 is 5.32 Å². The largest absolute Gasteiger partial charge is 0.307 e. The van der Waals surface area contributed by atoms with E-state index in [1.807, 2.05) is 16.9 Å². The lowest BCUT2D eigenvalue weighted by molar-refractivity contribution is 0.476. The van der Waals surface area contributed by atoms with Gasteiger partial charge in [-0.05, 0) is 18.1 Å². The lowest BCUT2D eigenvalue weighted by Crippen LogP contribution is -2.15. The molecule has 1 heterocycles. The molecule has 0 radical (unpaired) electrons. The molecule has 3 nitrogen and oxygen atoms in total. The van der Waals surface area contributed by atoms with Gasteiger partial charge in [0.25, 0.3) is 0 Å². The van der Waals surface area contributed by atoms with Gasteiger partial charge in [0.2, 0.25) is 0 Å².